The first-order valence-corrected chi connectivity index (χ1v) is 8.56. The van der Waals surface area contributed by atoms with Crippen LogP contribution in [0.15, 0.2) is 18.2 Å². The Morgan fingerprint density at radius 1 is 1.23 bits per heavy atom. The summed E-state index contributed by atoms with van der Waals surface area (Å²) in [6.45, 7) is 6.42. The Morgan fingerprint density at radius 3 is 2.68 bits per heavy atom. The van der Waals surface area contributed by atoms with Crippen LogP contribution in [0.5, 0.6) is 0 Å². The van der Waals surface area contributed by atoms with Crippen LogP contribution in [-0.2, 0) is 4.79 Å². The summed E-state index contributed by atoms with van der Waals surface area (Å²) in [4.78, 5) is 16.9. The van der Waals surface area contributed by atoms with E-state index < -0.39 is 0 Å². The van der Waals surface area contributed by atoms with E-state index in [1.165, 1.54) is 17.7 Å². The molecule has 2 aliphatic heterocycles. The third-order valence-corrected chi connectivity index (χ3v) is 4.95. The summed E-state index contributed by atoms with van der Waals surface area (Å²) in [5.74, 6) is 0.280. The zero-order valence-corrected chi connectivity index (χ0v) is 13.9. The van der Waals surface area contributed by atoms with Crippen LogP contribution < -0.4 is 10.2 Å². The topological polar surface area (TPSA) is 35.6 Å². The van der Waals surface area contributed by atoms with E-state index in [1.54, 1.807) is 0 Å². The van der Waals surface area contributed by atoms with Gasteiger partial charge in [0.1, 0.15) is 0 Å². The molecule has 0 spiro atoms. The Balaban J connectivity index is 1.60. The standard InChI is InChI=1S/C17H24ClN3O/c1-13-5-6-14(18)12-16(13)20-8-10-21(11-9-20)17(22)15-4-2-3-7-19-15/h5-6,12,15,19H,2-4,7-11H2,1H3/t15-/m1/s1. The lowest BCUT2D eigenvalue weighted by Crippen LogP contribution is -2.55. The van der Waals surface area contributed by atoms with E-state index in [1.807, 2.05) is 17.0 Å². The van der Waals surface area contributed by atoms with Gasteiger partial charge in [0, 0.05) is 36.9 Å². The van der Waals surface area contributed by atoms with Gasteiger partial charge in [-0.05, 0) is 44.0 Å². The molecule has 0 aromatic heterocycles. The molecule has 0 saturated carbocycles. The SMILES string of the molecule is Cc1ccc(Cl)cc1N1CCN(C(=O)[C@H]2CCCCN2)CC1. The number of hydrogen-bond donors (Lipinski definition) is 1. The highest BCUT2D eigenvalue weighted by Gasteiger charge is 2.28. The van der Waals surface area contributed by atoms with Gasteiger partial charge in [-0.15, -0.1) is 0 Å². The highest BCUT2D eigenvalue weighted by molar-refractivity contribution is 6.30. The minimum atomic E-state index is 0.0354. The first-order chi connectivity index (χ1) is 10.6. The van der Waals surface area contributed by atoms with Crippen LogP contribution in [0.25, 0.3) is 0 Å². The molecule has 22 heavy (non-hydrogen) atoms. The monoisotopic (exact) mass is 321 g/mol. The van der Waals surface area contributed by atoms with Crippen LogP contribution in [0.1, 0.15) is 24.8 Å². The summed E-state index contributed by atoms with van der Waals surface area (Å²) in [5, 5.41) is 4.12. The van der Waals surface area contributed by atoms with Crippen molar-refractivity contribution in [1.82, 2.24) is 10.2 Å². The van der Waals surface area contributed by atoms with Gasteiger partial charge in [-0.2, -0.15) is 0 Å². The van der Waals surface area contributed by atoms with Gasteiger partial charge in [0.2, 0.25) is 5.91 Å². The molecule has 2 saturated heterocycles. The van der Waals surface area contributed by atoms with Crippen LogP contribution in [-0.4, -0.2) is 49.6 Å². The van der Waals surface area contributed by atoms with Gasteiger partial charge in [-0.1, -0.05) is 24.1 Å². The Labute approximate surface area is 137 Å². The second-order valence-electron chi connectivity index (χ2n) is 6.25. The zero-order valence-electron chi connectivity index (χ0n) is 13.1. The number of piperazine rings is 1. The Morgan fingerprint density at radius 2 is 2.00 bits per heavy atom. The van der Waals surface area contributed by atoms with Crippen molar-refractivity contribution in [3.63, 3.8) is 0 Å². The number of halogens is 1. The molecular formula is C17H24ClN3O. The Bertz CT molecular complexity index is 535. The molecule has 1 atom stereocenters. The average molecular weight is 322 g/mol. The maximum absolute atomic E-state index is 12.5. The number of nitrogens with zero attached hydrogens (tertiary/aromatic N) is 2. The smallest absolute Gasteiger partial charge is 0.239 e. The Hall–Kier alpha value is -1.26. The summed E-state index contributed by atoms with van der Waals surface area (Å²) in [6, 6.07) is 6.04. The fourth-order valence-electron chi connectivity index (χ4n) is 3.37. The number of amides is 1. The van der Waals surface area contributed by atoms with Crippen LogP contribution in [0.3, 0.4) is 0 Å². The fraction of sp³-hybridized carbons (Fsp3) is 0.588. The van der Waals surface area contributed by atoms with E-state index in [-0.39, 0.29) is 11.9 Å². The third-order valence-electron chi connectivity index (χ3n) is 4.71. The van der Waals surface area contributed by atoms with Gasteiger partial charge >= 0.3 is 0 Å². The summed E-state index contributed by atoms with van der Waals surface area (Å²) in [7, 11) is 0. The molecular weight excluding hydrogens is 298 g/mol. The van der Waals surface area contributed by atoms with Crippen molar-refractivity contribution in [2.75, 3.05) is 37.6 Å². The number of rotatable bonds is 2. The first kappa shape index (κ1) is 15.6. The van der Waals surface area contributed by atoms with Crippen molar-refractivity contribution in [2.24, 2.45) is 0 Å². The van der Waals surface area contributed by atoms with Crippen molar-refractivity contribution in [2.45, 2.75) is 32.2 Å². The van der Waals surface area contributed by atoms with E-state index in [0.29, 0.717) is 0 Å². The molecule has 1 aromatic rings. The van der Waals surface area contributed by atoms with E-state index in [0.717, 1.165) is 50.6 Å². The maximum Gasteiger partial charge on any atom is 0.239 e. The van der Waals surface area contributed by atoms with Gasteiger partial charge in [0.05, 0.1) is 6.04 Å². The second-order valence-corrected chi connectivity index (χ2v) is 6.68. The normalized spacial score (nSPS) is 22.7. The summed E-state index contributed by atoms with van der Waals surface area (Å²) < 4.78 is 0. The van der Waals surface area contributed by atoms with Crippen molar-refractivity contribution >= 4 is 23.2 Å². The molecule has 1 N–H and O–H groups in total. The molecule has 2 aliphatic rings. The summed E-state index contributed by atoms with van der Waals surface area (Å²) >= 11 is 6.12. The highest BCUT2D eigenvalue weighted by Crippen LogP contribution is 2.25. The number of aryl methyl sites for hydroxylation is 1. The lowest BCUT2D eigenvalue weighted by molar-refractivity contribution is -0.134. The molecule has 5 heteroatoms. The highest BCUT2D eigenvalue weighted by atomic mass is 35.5. The predicted molar refractivity (Wildman–Crippen MR) is 90.6 cm³/mol. The number of anilines is 1. The van der Waals surface area contributed by atoms with E-state index >= 15 is 0 Å². The van der Waals surface area contributed by atoms with Crippen molar-refractivity contribution < 1.29 is 4.79 Å². The molecule has 0 bridgehead atoms. The number of benzene rings is 1. The van der Waals surface area contributed by atoms with Crippen molar-refractivity contribution in [3.8, 4) is 0 Å². The summed E-state index contributed by atoms with van der Waals surface area (Å²) in [6.07, 6.45) is 3.32. The minimum Gasteiger partial charge on any atom is -0.368 e. The van der Waals surface area contributed by atoms with E-state index in [9.17, 15) is 4.79 Å². The molecule has 120 valence electrons. The van der Waals surface area contributed by atoms with Crippen LogP contribution in [0, 0.1) is 6.92 Å². The number of piperidine rings is 1. The van der Waals surface area contributed by atoms with E-state index in [2.05, 4.69) is 23.2 Å². The van der Waals surface area contributed by atoms with Crippen molar-refractivity contribution in [3.05, 3.63) is 28.8 Å². The molecule has 0 radical (unpaired) electrons. The number of carbonyl (C=O) groups is 1. The average Bonchev–Trinajstić information content (AvgIpc) is 2.57. The minimum absolute atomic E-state index is 0.0354. The van der Waals surface area contributed by atoms with E-state index in [4.69, 9.17) is 11.6 Å². The second kappa shape index (κ2) is 6.88. The lowest BCUT2D eigenvalue weighted by atomic mass is 10.0. The number of hydrogen-bond acceptors (Lipinski definition) is 3. The quantitative estimate of drug-likeness (QED) is 0.909. The molecule has 1 amide bonds. The van der Waals surface area contributed by atoms with Crippen LogP contribution in [0.4, 0.5) is 5.69 Å². The third kappa shape index (κ3) is 3.39. The fourth-order valence-corrected chi connectivity index (χ4v) is 3.54. The zero-order chi connectivity index (χ0) is 15.5. The Kier molecular flexibility index (Phi) is 4.89. The summed E-state index contributed by atoms with van der Waals surface area (Å²) in [5.41, 5.74) is 2.42. The predicted octanol–water partition coefficient (Wildman–Crippen LogP) is 2.44. The molecule has 4 nitrogen and oxygen atoms in total. The first-order valence-electron chi connectivity index (χ1n) is 8.18. The maximum atomic E-state index is 12.5. The van der Waals surface area contributed by atoms with Gasteiger partial charge in [-0.25, -0.2) is 0 Å². The lowest BCUT2D eigenvalue weighted by Gasteiger charge is -2.38. The molecule has 1 aromatic carbocycles. The molecule has 0 unspecified atom stereocenters. The molecule has 3 rings (SSSR count). The molecule has 0 aliphatic carbocycles. The number of carbonyl (C=O) groups excluding carboxylic acids is 1. The largest absolute Gasteiger partial charge is 0.368 e. The van der Waals surface area contributed by atoms with Crippen LogP contribution in [0.2, 0.25) is 5.02 Å². The van der Waals surface area contributed by atoms with Crippen LogP contribution >= 0.6 is 11.6 Å². The van der Waals surface area contributed by atoms with Gasteiger partial charge < -0.3 is 15.1 Å². The number of nitrogens with one attached hydrogen (secondary N) is 1. The van der Waals surface area contributed by atoms with Gasteiger partial charge in [0.25, 0.3) is 0 Å². The molecule has 2 heterocycles. The van der Waals surface area contributed by atoms with Crippen molar-refractivity contribution in [1.29, 1.82) is 0 Å². The molecule has 2 fully saturated rings. The van der Waals surface area contributed by atoms with Gasteiger partial charge in [0.15, 0.2) is 0 Å². The van der Waals surface area contributed by atoms with Gasteiger partial charge in [-0.3, -0.25) is 4.79 Å².